The van der Waals surface area contributed by atoms with Gasteiger partial charge in [-0.1, -0.05) is 25.1 Å². The molecular weight excluding hydrogens is 200 g/mol. The molecule has 0 fully saturated rings. The quantitative estimate of drug-likeness (QED) is 0.778. The normalized spacial score (nSPS) is 10.6. The molecule has 0 radical (unpaired) electrons. The SMILES string of the molecule is CCNCCOc1cccc2cccnc12. The van der Waals surface area contributed by atoms with Crippen LogP contribution in [0.15, 0.2) is 36.5 Å². The summed E-state index contributed by atoms with van der Waals surface area (Å²) >= 11 is 0. The molecule has 84 valence electrons. The van der Waals surface area contributed by atoms with Crippen LogP contribution in [0.25, 0.3) is 10.9 Å². The summed E-state index contributed by atoms with van der Waals surface area (Å²) in [6, 6.07) is 9.97. The highest BCUT2D eigenvalue weighted by Gasteiger charge is 2.01. The minimum Gasteiger partial charge on any atom is -0.490 e. The second kappa shape index (κ2) is 5.47. The van der Waals surface area contributed by atoms with E-state index in [1.165, 1.54) is 0 Å². The standard InChI is InChI=1S/C13H16N2O/c1-2-14-9-10-16-12-7-3-5-11-6-4-8-15-13(11)12/h3-8,14H,2,9-10H2,1H3. The summed E-state index contributed by atoms with van der Waals surface area (Å²) in [5, 5.41) is 4.34. The number of nitrogens with zero attached hydrogens (tertiary/aromatic N) is 1. The zero-order valence-corrected chi connectivity index (χ0v) is 9.44. The van der Waals surface area contributed by atoms with Crippen LogP contribution in [-0.4, -0.2) is 24.7 Å². The van der Waals surface area contributed by atoms with Crippen LogP contribution >= 0.6 is 0 Å². The fraction of sp³-hybridized carbons (Fsp3) is 0.308. The third kappa shape index (κ3) is 2.49. The molecule has 0 aliphatic rings. The van der Waals surface area contributed by atoms with Crippen molar-refractivity contribution in [2.45, 2.75) is 6.92 Å². The van der Waals surface area contributed by atoms with Crippen LogP contribution in [0.1, 0.15) is 6.92 Å². The summed E-state index contributed by atoms with van der Waals surface area (Å²) in [6.45, 7) is 4.58. The predicted molar refractivity (Wildman–Crippen MR) is 65.8 cm³/mol. The number of hydrogen-bond donors (Lipinski definition) is 1. The zero-order chi connectivity index (χ0) is 11.2. The van der Waals surface area contributed by atoms with Crippen molar-refractivity contribution in [3.05, 3.63) is 36.5 Å². The van der Waals surface area contributed by atoms with Gasteiger partial charge in [-0.3, -0.25) is 4.98 Å². The molecule has 3 nitrogen and oxygen atoms in total. The van der Waals surface area contributed by atoms with Crippen LogP contribution in [0.4, 0.5) is 0 Å². The van der Waals surface area contributed by atoms with Gasteiger partial charge in [0, 0.05) is 18.1 Å². The van der Waals surface area contributed by atoms with Gasteiger partial charge in [-0.05, 0) is 18.7 Å². The molecule has 0 aliphatic carbocycles. The lowest BCUT2D eigenvalue weighted by Crippen LogP contribution is -2.20. The fourth-order valence-corrected chi connectivity index (χ4v) is 1.60. The molecule has 0 amide bonds. The van der Waals surface area contributed by atoms with Gasteiger partial charge >= 0.3 is 0 Å². The Morgan fingerprint density at radius 1 is 1.25 bits per heavy atom. The van der Waals surface area contributed by atoms with E-state index in [9.17, 15) is 0 Å². The molecule has 1 aromatic carbocycles. The number of para-hydroxylation sites is 1. The van der Waals surface area contributed by atoms with Gasteiger partial charge in [0.2, 0.25) is 0 Å². The van der Waals surface area contributed by atoms with E-state index in [1.807, 2.05) is 30.3 Å². The third-order valence-electron chi connectivity index (χ3n) is 2.38. The van der Waals surface area contributed by atoms with Crippen LogP contribution < -0.4 is 10.1 Å². The van der Waals surface area contributed by atoms with Gasteiger partial charge in [0.25, 0.3) is 0 Å². The first kappa shape index (κ1) is 10.9. The average molecular weight is 216 g/mol. The second-order valence-electron chi connectivity index (χ2n) is 3.53. The van der Waals surface area contributed by atoms with Gasteiger partial charge in [0.15, 0.2) is 0 Å². The summed E-state index contributed by atoms with van der Waals surface area (Å²) in [5.74, 6) is 0.857. The van der Waals surface area contributed by atoms with E-state index >= 15 is 0 Å². The number of likely N-dealkylation sites (N-methyl/N-ethyl adjacent to an activating group) is 1. The maximum absolute atomic E-state index is 5.70. The molecule has 0 unspecified atom stereocenters. The molecule has 16 heavy (non-hydrogen) atoms. The van der Waals surface area contributed by atoms with Crippen molar-refractivity contribution in [1.29, 1.82) is 0 Å². The number of nitrogens with one attached hydrogen (secondary N) is 1. The highest BCUT2D eigenvalue weighted by atomic mass is 16.5. The van der Waals surface area contributed by atoms with Gasteiger partial charge in [-0.15, -0.1) is 0 Å². The number of rotatable bonds is 5. The number of aromatic nitrogens is 1. The Kier molecular flexibility index (Phi) is 3.72. The van der Waals surface area contributed by atoms with Crippen molar-refractivity contribution in [3.8, 4) is 5.75 Å². The number of ether oxygens (including phenoxy) is 1. The largest absolute Gasteiger partial charge is 0.490 e. The summed E-state index contributed by atoms with van der Waals surface area (Å²) in [4.78, 5) is 4.33. The van der Waals surface area contributed by atoms with Gasteiger partial charge in [-0.2, -0.15) is 0 Å². The number of benzene rings is 1. The van der Waals surface area contributed by atoms with Gasteiger partial charge < -0.3 is 10.1 Å². The van der Waals surface area contributed by atoms with Crippen LogP contribution in [-0.2, 0) is 0 Å². The molecule has 0 bridgehead atoms. The Balaban J connectivity index is 2.11. The van der Waals surface area contributed by atoms with E-state index in [-0.39, 0.29) is 0 Å². The molecule has 0 saturated heterocycles. The lowest BCUT2D eigenvalue weighted by molar-refractivity contribution is 0.318. The van der Waals surface area contributed by atoms with Crippen LogP contribution in [0.5, 0.6) is 5.75 Å². The Morgan fingerprint density at radius 2 is 2.12 bits per heavy atom. The second-order valence-corrected chi connectivity index (χ2v) is 3.53. The minimum atomic E-state index is 0.670. The average Bonchev–Trinajstić information content (AvgIpc) is 2.35. The zero-order valence-electron chi connectivity index (χ0n) is 9.44. The molecule has 0 saturated carbocycles. The first-order valence-corrected chi connectivity index (χ1v) is 5.59. The Hall–Kier alpha value is -1.61. The number of pyridine rings is 1. The molecule has 3 heteroatoms. The third-order valence-corrected chi connectivity index (χ3v) is 2.38. The molecule has 1 aromatic heterocycles. The number of hydrogen-bond acceptors (Lipinski definition) is 3. The number of fused-ring (bicyclic) bond motifs is 1. The Morgan fingerprint density at radius 3 is 3.00 bits per heavy atom. The monoisotopic (exact) mass is 216 g/mol. The maximum atomic E-state index is 5.70. The highest BCUT2D eigenvalue weighted by molar-refractivity contribution is 5.84. The molecule has 2 aromatic rings. The topological polar surface area (TPSA) is 34.1 Å². The molecule has 0 atom stereocenters. The Bertz CT molecular complexity index is 451. The lowest BCUT2D eigenvalue weighted by Gasteiger charge is -2.08. The van der Waals surface area contributed by atoms with Crippen molar-refractivity contribution in [3.63, 3.8) is 0 Å². The van der Waals surface area contributed by atoms with E-state index in [0.717, 1.165) is 29.7 Å². The van der Waals surface area contributed by atoms with Gasteiger partial charge in [-0.25, -0.2) is 0 Å². The smallest absolute Gasteiger partial charge is 0.145 e. The molecule has 1 N–H and O–H groups in total. The molecule has 1 heterocycles. The molecule has 0 spiro atoms. The molecular formula is C13H16N2O. The highest BCUT2D eigenvalue weighted by Crippen LogP contribution is 2.22. The van der Waals surface area contributed by atoms with E-state index < -0.39 is 0 Å². The van der Waals surface area contributed by atoms with Crippen molar-refractivity contribution < 1.29 is 4.74 Å². The Labute approximate surface area is 95.5 Å². The van der Waals surface area contributed by atoms with Crippen molar-refractivity contribution in [2.75, 3.05) is 19.7 Å². The van der Waals surface area contributed by atoms with E-state index in [2.05, 4.69) is 17.2 Å². The summed E-state index contributed by atoms with van der Waals surface area (Å²) in [7, 11) is 0. The summed E-state index contributed by atoms with van der Waals surface area (Å²) in [5.41, 5.74) is 0.932. The fourth-order valence-electron chi connectivity index (χ4n) is 1.60. The first-order valence-electron chi connectivity index (χ1n) is 5.59. The predicted octanol–water partition coefficient (Wildman–Crippen LogP) is 2.22. The van der Waals surface area contributed by atoms with E-state index in [4.69, 9.17) is 4.74 Å². The van der Waals surface area contributed by atoms with Crippen molar-refractivity contribution in [2.24, 2.45) is 0 Å². The lowest BCUT2D eigenvalue weighted by atomic mass is 10.2. The summed E-state index contributed by atoms with van der Waals surface area (Å²) < 4.78 is 5.70. The van der Waals surface area contributed by atoms with Gasteiger partial charge in [0.1, 0.15) is 17.9 Å². The van der Waals surface area contributed by atoms with Crippen LogP contribution in [0.2, 0.25) is 0 Å². The molecule has 0 aliphatic heterocycles. The van der Waals surface area contributed by atoms with Gasteiger partial charge in [0.05, 0.1) is 0 Å². The van der Waals surface area contributed by atoms with Crippen molar-refractivity contribution in [1.82, 2.24) is 10.3 Å². The van der Waals surface area contributed by atoms with E-state index in [0.29, 0.717) is 6.61 Å². The minimum absolute atomic E-state index is 0.670. The van der Waals surface area contributed by atoms with Crippen LogP contribution in [0.3, 0.4) is 0 Å². The van der Waals surface area contributed by atoms with Crippen molar-refractivity contribution >= 4 is 10.9 Å². The maximum Gasteiger partial charge on any atom is 0.145 e. The van der Waals surface area contributed by atoms with Crippen LogP contribution in [0, 0.1) is 0 Å². The molecule has 2 rings (SSSR count). The first-order chi connectivity index (χ1) is 7.92. The summed E-state index contributed by atoms with van der Waals surface area (Å²) in [6.07, 6.45) is 1.79. The van der Waals surface area contributed by atoms with E-state index in [1.54, 1.807) is 6.20 Å².